The van der Waals surface area contributed by atoms with Crippen LogP contribution >= 0.6 is 11.3 Å². The first-order valence-electron chi connectivity index (χ1n) is 10.2. The molecule has 3 rings (SSSR count). The zero-order valence-corrected chi connectivity index (χ0v) is 20.4. The van der Waals surface area contributed by atoms with E-state index >= 15 is 0 Å². The molecule has 1 heterocycles. The second-order valence-electron chi connectivity index (χ2n) is 8.61. The van der Waals surface area contributed by atoms with Gasteiger partial charge in [-0.05, 0) is 65.9 Å². The van der Waals surface area contributed by atoms with Crippen molar-refractivity contribution in [1.82, 2.24) is 0 Å². The number of benzene rings is 2. The summed E-state index contributed by atoms with van der Waals surface area (Å²) in [5, 5.41) is 11.0. The third kappa shape index (κ3) is 5.63. The van der Waals surface area contributed by atoms with Crippen LogP contribution in [0.4, 0.5) is 5.69 Å². The fraction of sp³-hybridized carbons (Fsp3) is 0.280. The molecule has 31 heavy (non-hydrogen) atoms. The van der Waals surface area contributed by atoms with Crippen LogP contribution in [0.5, 0.6) is 5.75 Å². The predicted octanol–water partition coefficient (Wildman–Crippen LogP) is 6.39. The number of carbonyl (C=O) groups excluding carboxylic acids is 1. The first-order chi connectivity index (χ1) is 14.7. The maximum absolute atomic E-state index is 13.4. The lowest BCUT2D eigenvalue weighted by Gasteiger charge is -2.26. The smallest absolute Gasteiger partial charge is 0.274 e. The standard InChI is InChI=1S/C25H27N2O2SSi/c1-25(2,3)20-11-10-19(22(15-20)29-31(4)5)17-27(24(28)23-7-6-14-30-23)21-12-8-18(16-26)9-13-21/h6-15H,17H2,1-5H3. The Balaban J connectivity index is 2.04. The molecule has 0 fully saturated rings. The van der Waals surface area contributed by atoms with Crippen molar-refractivity contribution < 1.29 is 9.22 Å². The number of anilines is 1. The predicted molar refractivity (Wildman–Crippen MR) is 129 cm³/mol. The molecular formula is C25H27N2O2SSi. The summed E-state index contributed by atoms with van der Waals surface area (Å²) in [5.74, 6) is 0.771. The highest BCUT2D eigenvalue weighted by atomic mass is 32.1. The van der Waals surface area contributed by atoms with Crippen molar-refractivity contribution in [2.75, 3.05) is 4.90 Å². The Hall–Kier alpha value is -2.88. The minimum Gasteiger partial charge on any atom is -0.542 e. The molecule has 0 spiro atoms. The van der Waals surface area contributed by atoms with Crippen LogP contribution in [0.3, 0.4) is 0 Å². The number of carbonyl (C=O) groups is 1. The van der Waals surface area contributed by atoms with Gasteiger partial charge in [0, 0.05) is 11.3 Å². The Bertz CT molecular complexity index is 1080. The third-order valence-electron chi connectivity index (χ3n) is 4.86. The summed E-state index contributed by atoms with van der Waals surface area (Å²) in [6.07, 6.45) is 0. The first-order valence-corrected chi connectivity index (χ1v) is 13.4. The molecule has 1 aromatic heterocycles. The van der Waals surface area contributed by atoms with Gasteiger partial charge in [0.1, 0.15) is 5.75 Å². The van der Waals surface area contributed by atoms with Crippen LogP contribution in [0.1, 0.15) is 47.1 Å². The number of nitriles is 1. The lowest BCUT2D eigenvalue weighted by Crippen LogP contribution is -2.30. The highest BCUT2D eigenvalue weighted by molar-refractivity contribution is 7.12. The highest BCUT2D eigenvalue weighted by Gasteiger charge is 2.23. The van der Waals surface area contributed by atoms with E-state index in [9.17, 15) is 4.79 Å². The van der Waals surface area contributed by atoms with E-state index in [-0.39, 0.29) is 11.3 Å². The van der Waals surface area contributed by atoms with Crippen molar-refractivity contribution in [3.8, 4) is 11.8 Å². The maximum atomic E-state index is 13.4. The molecule has 0 atom stereocenters. The summed E-state index contributed by atoms with van der Waals surface area (Å²) < 4.78 is 6.25. The Labute approximate surface area is 190 Å². The van der Waals surface area contributed by atoms with Crippen molar-refractivity contribution in [3.05, 3.63) is 81.5 Å². The van der Waals surface area contributed by atoms with Gasteiger partial charge >= 0.3 is 0 Å². The minimum atomic E-state index is -0.979. The first kappa shape index (κ1) is 22.8. The van der Waals surface area contributed by atoms with Gasteiger partial charge in [0.25, 0.3) is 14.9 Å². The van der Waals surface area contributed by atoms with E-state index < -0.39 is 9.04 Å². The Morgan fingerprint density at radius 2 is 1.84 bits per heavy atom. The molecule has 1 amide bonds. The molecule has 0 bridgehead atoms. The molecule has 0 aliphatic carbocycles. The molecule has 0 aliphatic rings. The molecule has 159 valence electrons. The van der Waals surface area contributed by atoms with Crippen LogP contribution in [0.25, 0.3) is 0 Å². The second kappa shape index (κ2) is 9.50. The topological polar surface area (TPSA) is 53.3 Å². The van der Waals surface area contributed by atoms with Gasteiger partial charge in [-0.2, -0.15) is 5.26 Å². The lowest BCUT2D eigenvalue weighted by molar-refractivity contribution is 0.0989. The monoisotopic (exact) mass is 447 g/mol. The zero-order valence-electron chi connectivity index (χ0n) is 18.6. The molecule has 0 saturated heterocycles. The van der Waals surface area contributed by atoms with Gasteiger partial charge in [-0.15, -0.1) is 11.3 Å². The van der Waals surface area contributed by atoms with E-state index in [0.29, 0.717) is 17.0 Å². The molecule has 0 unspecified atom stereocenters. The normalized spacial score (nSPS) is 11.3. The minimum absolute atomic E-state index is 0.00459. The quantitative estimate of drug-likeness (QED) is 0.411. The molecule has 6 heteroatoms. The molecule has 1 radical (unpaired) electrons. The average Bonchev–Trinajstić information content (AvgIpc) is 3.26. The van der Waals surface area contributed by atoms with Crippen LogP contribution in [0.2, 0.25) is 13.1 Å². The molecule has 4 nitrogen and oxygen atoms in total. The van der Waals surface area contributed by atoms with Gasteiger partial charge in [0.2, 0.25) is 0 Å². The number of rotatable bonds is 6. The zero-order chi connectivity index (χ0) is 22.6. The van der Waals surface area contributed by atoms with Crippen LogP contribution in [0, 0.1) is 11.3 Å². The van der Waals surface area contributed by atoms with Crippen LogP contribution in [-0.4, -0.2) is 14.9 Å². The number of amides is 1. The van der Waals surface area contributed by atoms with Crippen LogP contribution in [-0.2, 0) is 12.0 Å². The Morgan fingerprint density at radius 3 is 2.39 bits per heavy atom. The summed E-state index contributed by atoms with van der Waals surface area (Å²) in [5.41, 5.74) is 3.49. The van der Waals surface area contributed by atoms with E-state index in [4.69, 9.17) is 9.69 Å². The van der Waals surface area contributed by atoms with Crippen LogP contribution < -0.4 is 9.33 Å². The van der Waals surface area contributed by atoms with Crippen molar-refractivity contribution in [3.63, 3.8) is 0 Å². The van der Waals surface area contributed by atoms with Crippen molar-refractivity contribution in [1.29, 1.82) is 5.26 Å². The molecule has 0 aliphatic heterocycles. The largest absolute Gasteiger partial charge is 0.542 e. The number of hydrogen-bond donors (Lipinski definition) is 0. The van der Waals surface area contributed by atoms with Crippen molar-refractivity contribution in [2.24, 2.45) is 0 Å². The molecule has 0 N–H and O–H groups in total. The summed E-state index contributed by atoms with van der Waals surface area (Å²) in [6.45, 7) is 11.1. The second-order valence-corrected chi connectivity index (χ2v) is 11.6. The summed E-state index contributed by atoms with van der Waals surface area (Å²) in [4.78, 5) is 15.8. The highest BCUT2D eigenvalue weighted by Crippen LogP contribution is 2.31. The lowest BCUT2D eigenvalue weighted by atomic mass is 9.86. The van der Waals surface area contributed by atoms with Gasteiger partial charge in [-0.1, -0.05) is 39.0 Å². The third-order valence-corrected chi connectivity index (χ3v) is 6.35. The van der Waals surface area contributed by atoms with E-state index in [1.54, 1.807) is 17.0 Å². The maximum Gasteiger partial charge on any atom is 0.274 e. The molecular weight excluding hydrogens is 420 g/mol. The van der Waals surface area contributed by atoms with Crippen molar-refractivity contribution >= 4 is 32.0 Å². The van der Waals surface area contributed by atoms with E-state index in [0.717, 1.165) is 17.0 Å². The Kier molecular flexibility index (Phi) is 6.99. The number of nitrogens with zero attached hydrogens (tertiary/aromatic N) is 2. The SMILES string of the molecule is C[Si](C)Oc1cc(C(C)(C)C)ccc1CN(C(=O)c1cccs1)c1ccc(C#N)cc1. The molecule has 2 aromatic carbocycles. The summed E-state index contributed by atoms with van der Waals surface area (Å²) >= 11 is 1.42. The Morgan fingerprint density at radius 1 is 1.13 bits per heavy atom. The van der Waals surface area contributed by atoms with Gasteiger partial charge in [0.05, 0.1) is 23.1 Å². The van der Waals surface area contributed by atoms with Gasteiger partial charge in [-0.3, -0.25) is 4.79 Å². The number of thiophene rings is 1. The van der Waals surface area contributed by atoms with Gasteiger partial charge < -0.3 is 9.33 Å². The number of hydrogen-bond acceptors (Lipinski definition) is 4. The summed E-state index contributed by atoms with van der Waals surface area (Å²) in [7, 11) is -0.979. The van der Waals surface area contributed by atoms with Gasteiger partial charge in [0.15, 0.2) is 0 Å². The fourth-order valence-electron chi connectivity index (χ4n) is 3.17. The average molecular weight is 448 g/mol. The fourth-order valence-corrected chi connectivity index (χ4v) is 4.47. The van der Waals surface area contributed by atoms with E-state index in [1.807, 2.05) is 29.6 Å². The van der Waals surface area contributed by atoms with Crippen LogP contribution in [0.15, 0.2) is 60.0 Å². The van der Waals surface area contributed by atoms with Crippen molar-refractivity contribution in [2.45, 2.75) is 45.8 Å². The summed E-state index contributed by atoms with van der Waals surface area (Å²) in [6, 6.07) is 19.3. The molecule has 3 aromatic rings. The van der Waals surface area contributed by atoms with Gasteiger partial charge in [-0.25, -0.2) is 0 Å². The molecule has 0 saturated carbocycles. The van der Waals surface area contributed by atoms with E-state index in [1.165, 1.54) is 16.9 Å². The van der Waals surface area contributed by atoms with E-state index in [2.05, 4.69) is 58.1 Å².